The van der Waals surface area contributed by atoms with Gasteiger partial charge in [0, 0.05) is 6.54 Å². The summed E-state index contributed by atoms with van der Waals surface area (Å²) in [4.78, 5) is 2.44. The van der Waals surface area contributed by atoms with E-state index in [9.17, 15) is 0 Å². The summed E-state index contributed by atoms with van der Waals surface area (Å²) < 4.78 is 0. The van der Waals surface area contributed by atoms with Crippen molar-refractivity contribution in [2.75, 3.05) is 32.7 Å². The molecule has 2 heteroatoms. The molecule has 0 spiro atoms. The fourth-order valence-electron chi connectivity index (χ4n) is 1.63. The molecule has 2 nitrogen and oxygen atoms in total. The molecule has 15 heavy (non-hydrogen) atoms. The molecule has 0 aliphatic heterocycles. The lowest BCUT2D eigenvalue weighted by Crippen LogP contribution is -2.24. The molecule has 0 bridgehead atoms. The largest absolute Gasteiger partial charge is 0.317 e. The minimum Gasteiger partial charge on any atom is -0.317 e. The lowest BCUT2D eigenvalue weighted by Gasteiger charge is -2.17. The van der Waals surface area contributed by atoms with Gasteiger partial charge in [0.25, 0.3) is 0 Å². The lowest BCUT2D eigenvalue weighted by molar-refractivity contribution is 0.310. The summed E-state index contributed by atoms with van der Waals surface area (Å²) in [5, 5.41) is 3.43. The molecule has 0 saturated heterocycles. The molecule has 0 rings (SSSR count). The molecule has 1 N–H and O–H groups in total. The number of hydrogen-bond acceptors (Lipinski definition) is 2. The van der Waals surface area contributed by atoms with E-state index in [0.29, 0.717) is 0 Å². The van der Waals surface area contributed by atoms with Gasteiger partial charge in [-0.2, -0.15) is 0 Å². The molecule has 0 radical (unpaired) electrons. The van der Waals surface area contributed by atoms with Crippen LogP contribution in [0.2, 0.25) is 0 Å². The molecule has 0 aromatic heterocycles. The predicted octanol–water partition coefficient (Wildman–Crippen LogP) is 2.66. The van der Waals surface area contributed by atoms with Gasteiger partial charge in [-0.15, -0.1) is 6.58 Å². The summed E-state index contributed by atoms with van der Waals surface area (Å²) >= 11 is 0. The topological polar surface area (TPSA) is 15.3 Å². The first-order chi connectivity index (χ1) is 7.35. The van der Waals surface area contributed by atoms with Crippen molar-refractivity contribution in [3.63, 3.8) is 0 Å². The van der Waals surface area contributed by atoms with Crippen molar-refractivity contribution in [1.29, 1.82) is 0 Å². The molecule has 0 fully saturated rings. The number of rotatable bonds is 11. The van der Waals surface area contributed by atoms with Crippen molar-refractivity contribution >= 4 is 0 Å². The van der Waals surface area contributed by atoms with E-state index in [1.807, 2.05) is 6.08 Å². The maximum Gasteiger partial charge on any atom is 0.0160 e. The molecule has 0 amide bonds. The van der Waals surface area contributed by atoms with E-state index in [1.165, 1.54) is 38.8 Å². The average molecular weight is 212 g/mol. The Bertz CT molecular complexity index is 134. The Morgan fingerprint density at radius 2 is 1.93 bits per heavy atom. The van der Waals surface area contributed by atoms with Gasteiger partial charge in [0.15, 0.2) is 0 Å². The maximum absolute atomic E-state index is 3.77. The van der Waals surface area contributed by atoms with E-state index in [1.54, 1.807) is 0 Å². The Morgan fingerprint density at radius 3 is 2.53 bits per heavy atom. The van der Waals surface area contributed by atoms with Crippen molar-refractivity contribution in [2.45, 2.75) is 39.5 Å². The van der Waals surface area contributed by atoms with Gasteiger partial charge in [0.05, 0.1) is 0 Å². The highest BCUT2D eigenvalue weighted by molar-refractivity contribution is 4.72. The van der Waals surface area contributed by atoms with Crippen LogP contribution in [0.25, 0.3) is 0 Å². The van der Waals surface area contributed by atoms with Gasteiger partial charge in [-0.25, -0.2) is 0 Å². The van der Waals surface area contributed by atoms with Crippen LogP contribution in [0, 0.1) is 0 Å². The van der Waals surface area contributed by atoms with Crippen LogP contribution < -0.4 is 5.32 Å². The van der Waals surface area contributed by atoms with Crippen molar-refractivity contribution in [3.05, 3.63) is 12.7 Å². The standard InChI is InChI=1S/C13H28N2/c1-4-10-14-11-8-7-9-13-15(6-3)12-5-2/h5,14H,2,4,6-13H2,1,3H3. The summed E-state index contributed by atoms with van der Waals surface area (Å²) in [5.74, 6) is 0. The fraction of sp³-hybridized carbons (Fsp3) is 0.846. The predicted molar refractivity (Wildman–Crippen MR) is 69.3 cm³/mol. The molecular weight excluding hydrogens is 184 g/mol. The van der Waals surface area contributed by atoms with E-state index in [-0.39, 0.29) is 0 Å². The van der Waals surface area contributed by atoms with Crippen LogP contribution >= 0.6 is 0 Å². The van der Waals surface area contributed by atoms with Gasteiger partial charge in [-0.05, 0) is 45.4 Å². The van der Waals surface area contributed by atoms with Crippen molar-refractivity contribution in [1.82, 2.24) is 10.2 Å². The second-order valence-electron chi connectivity index (χ2n) is 3.99. The summed E-state index contributed by atoms with van der Waals surface area (Å²) in [6.45, 7) is 13.9. The van der Waals surface area contributed by atoms with Crippen LogP contribution in [0.1, 0.15) is 39.5 Å². The van der Waals surface area contributed by atoms with E-state index >= 15 is 0 Å². The zero-order valence-corrected chi connectivity index (χ0v) is 10.6. The van der Waals surface area contributed by atoms with Gasteiger partial charge >= 0.3 is 0 Å². The Morgan fingerprint density at radius 1 is 1.13 bits per heavy atom. The number of likely N-dealkylation sites (N-methyl/N-ethyl adjacent to an activating group) is 1. The number of nitrogens with one attached hydrogen (secondary N) is 1. The van der Waals surface area contributed by atoms with Crippen LogP contribution in [0.3, 0.4) is 0 Å². The second kappa shape index (κ2) is 11.7. The van der Waals surface area contributed by atoms with Gasteiger partial charge in [0.1, 0.15) is 0 Å². The van der Waals surface area contributed by atoms with Crippen LogP contribution in [0.15, 0.2) is 12.7 Å². The molecule has 0 aliphatic carbocycles. The van der Waals surface area contributed by atoms with Crippen molar-refractivity contribution in [2.24, 2.45) is 0 Å². The number of nitrogens with zero attached hydrogens (tertiary/aromatic N) is 1. The first-order valence-electron chi connectivity index (χ1n) is 6.39. The smallest absolute Gasteiger partial charge is 0.0160 e. The third-order valence-electron chi connectivity index (χ3n) is 2.59. The second-order valence-corrected chi connectivity index (χ2v) is 3.99. The molecule has 0 saturated carbocycles. The summed E-state index contributed by atoms with van der Waals surface area (Å²) in [5.41, 5.74) is 0. The zero-order valence-electron chi connectivity index (χ0n) is 10.6. The van der Waals surface area contributed by atoms with Crippen LogP contribution in [0.5, 0.6) is 0 Å². The van der Waals surface area contributed by atoms with E-state index in [0.717, 1.165) is 19.6 Å². The minimum absolute atomic E-state index is 1.03. The first kappa shape index (κ1) is 14.7. The van der Waals surface area contributed by atoms with E-state index in [4.69, 9.17) is 0 Å². The van der Waals surface area contributed by atoms with Gasteiger partial charge < -0.3 is 5.32 Å². The molecule has 0 unspecified atom stereocenters. The highest BCUT2D eigenvalue weighted by Gasteiger charge is 1.98. The Hall–Kier alpha value is -0.340. The van der Waals surface area contributed by atoms with Gasteiger partial charge in [-0.3, -0.25) is 4.90 Å². The average Bonchev–Trinajstić information content (AvgIpc) is 2.26. The molecular formula is C13H28N2. The number of hydrogen-bond donors (Lipinski definition) is 1. The molecule has 0 aromatic carbocycles. The molecule has 90 valence electrons. The van der Waals surface area contributed by atoms with E-state index in [2.05, 4.69) is 30.6 Å². The van der Waals surface area contributed by atoms with Gasteiger partial charge in [0.2, 0.25) is 0 Å². The molecule has 0 atom stereocenters. The zero-order chi connectivity index (χ0) is 11.4. The fourth-order valence-corrected chi connectivity index (χ4v) is 1.63. The molecule has 0 heterocycles. The minimum atomic E-state index is 1.03. The Balaban J connectivity index is 3.17. The monoisotopic (exact) mass is 212 g/mol. The third-order valence-corrected chi connectivity index (χ3v) is 2.59. The third kappa shape index (κ3) is 9.95. The summed E-state index contributed by atoms with van der Waals surface area (Å²) in [7, 11) is 0. The summed E-state index contributed by atoms with van der Waals surface area (Å²) in [6, 6.07) is 0. The van der Waals surface area contributed by atoms with Crippen LogP contribution in [-0.4, -0.2) is 37.6 Å². The van der Waals surface area contributed by atoms with Gasteiger partial charge in [-0.1, -0.05) is 26.3 Å². The highest BCUT2D eigenvalue weighted by Crippen LogP contribution is 1.98. The molecule has 0 aromatic rings. The Labute approximate surface area is 95.7 Å². The van der Waals surface area contributed by atoms with Crippen molar-refractivity contribution < 1.29 is 0 Å². The lowest BCUT2D eigenvalue weighted by atomic mass is 10.2. The van der Waals surface area contributed by atoms with Crippen LogP contribution in [0.4, 0.5) is 0 Å². The number of unbranched alkanes of at least 4 members (excludes halogenated alkanes) is 2. The molecule has 0 aliphatic rings. The maximum atomic E-state index is 3.77. The highest BCUT2D eigenvalue weighted by atomic mass is 15.1. The van der Waals surface area contributed by atoms with Crippen molar-refractivity contribution in [3.8, 4) is 0 Å². The Kier molecular flexibility index (Phi) is 11.5. The SMILES string of the molecule is C=CCN(CC)CCCCCNCCC. The van der Waals surface area contributed by atoms with E-state index < -0.39 is 0 Å². The quantitative estimate of drug-likeness (QED) is 0.418. The normalized spacial score (nSPS) is 10.9. The van der Waals surface area contributed by atoms with Crippen LogP contribution in [-0.2, 0) is 0 Å². The first-order valence-corrected chi connectivity index (χ1v) is 6.39. The summed E-state index contributed by atoms with van der Waals surface area (Å²) in [6.07, 6.45) is 7.20.